The molecule has 134 valence electrons. The van der Waals surface area contributed by atoms with Gasteiger partial charge in [0.05, 0.1) is 7.11 Å². The number of carbonyl (C=O) groups is 1. The first-order chi connectivity index (χ1) is 12.7. The van der Waals surface area contributed by atoms with Crippen LogP contribution in [0.3, 0.4) is 0 Å². The van der Waals surface area contributed by atoms with Gasteiger partial charge in [0, 0.05) is 17.8 Å². The van der Waals surface area contributed by atoms with E-state index >= 15 is 0 Å². The summed E-state index contributed by atoms with van der Waals surface area (Å²) in [4.78, 5) is 14.6. The zero-order valence-corrected chi connectivity index (χ0v) is 14.9. The predicted molar refractivity (Wildman–Crippen MR) is 100 cm³/mol. The molecule has 0 saturated carbocycles. The Morgan fingerprint density at radius 1 is 1.23 bits per heavy atom. The topological polar surface area (TPSA) is 48.0 Å². The maximum absolute atomic E-state index is 12.8. The van der Waals surface area contributed by atoms with Gasteiger partial charge in [-0.1, -0.05) is 18.2 Å². The van der Waals surface area contributed by atoms with Gasteiger partial charge in [-0.15, -0.1) is 0 Å². The van der Waals surface area contributed by atoms with Crippen molar-refractivity contribution < 1.29 is 19.0 Å². The zero-order chi connectivity index (χ0) is 18.1. The number of anilines is 1. The molecule has 2 aromatic rings. The second-order valence-corrected chi connectivity index (χ2v) is 6.47. The number of rotatable bonds is 3. The lowest BCUT2D eigenvalue weighted by molar-refractivity contribution is -0.114. The molecule has 2 aliphatic rings. The summed E-state index contributed by atoms with van der Waals surface area (Å²) < 4.78 is 16.6. The van der Waals surface area contributed by atoms with Crippen LogP contribution >= 0.6 is 0 Å². The van der Waals surface area contributed by atoms with Gasteiger partial charge in [0.2, 0.25) is 5.75 Å². The number of carbonyl (C=O) groups excluding carboxylic acids is 1. The van der Waals surface area contributed by atoms with Gasteiger partial charge in [-0.05, 0) is 48.7 Å². The average molecular weight is 351 g/mol. The number of benzene rings is 2. The summed E-state index contributed by atoms with van der Waals surface area (Å²) in [5.41, 5.74) is 3.04. The number of nitrogens with zero attached hydrogens (tertiary/aromatic N) is 1. The van der Waals surface area contributed by atoms with Crippen LogP contribution in [0.25, 0.3) is 6.08 Å². The highest BCUT2D eigenvalue weighted by Gasteiger charge is 2.29. The van der Waals surface area contributed by atoms with Crippen molar-refractivity contribution in [2.45, 2.75) is 19.4 Å². The Morgan fingerprint density at radius 3 is 2.88 bits per heavy atom. The minimum atomic E-state index is -0.0312. The van der Waals surface area contributed by atoms with Gasteiger partial charge < -0.3 is 19.1 Å². The molecular formula is C21H21NO4. The Labute approximate surface area is 152 Å². The van der Waals surface area contributed by atoms with Crippen molar-refractivity contribution in [1.29, 1.82) is 0 Å². The van der Waals surface area contributed by atoms with Gasteiger partial charge in [-0.3, -0.25) is 4.79 Å². The Morgan fingerprint density at radius 2 is 2.04 bits per heavy atom. The minimum absolute atomic E-state index is 0.0312. The van der Waals surface area contributed by atoms with Crippen molar-refractivity contribution in [3.63, 3.8) is 0 Å². The highest BCUT2D eigenvalue weighted by atomic mass is 16.6. The molecule has 0 radical (unpaired) electrons. The normalized spacial score (nSPS) is 18.1. The molecule has 1 atom stereocenters. The van der Waals surface area contributed by atoms with E-state index in [0.29, 0.717) is 30.5 Å². The highest BCUT2D eigenvalue weighted by Crippen LogP contribution is 2.40. The Hall–Kier alpha value is -2.95. The van der Waals surface area contributed by atoms with E-state index < -0.39 is 0 Å². The van der Waals surface area contributed by atoms with Crippen molar-refractivity contribution in [2.75, 3.05) is 25.2 Å². The van der Waals surface area contributed by atoms with Crippen LogP contribution in [0.2, 0.25) is 0 Å². The van der Waals surface area contributed by atoms with E-state index in [9.17, 15) is 4.79 Å². The fourth-order valence-electron chi connectivity index (χ4n) is 3.54. The van der Waals surface area contributed by atoms with E-state index in [1.165, 1.54) is 5.56 Å². The zero-order valence-electron chi connectivity index (χ0n) is 14.9. The Bertz CT molecular complexity index is 857. The molecule has 4 rings (SSSR count). The maximum atomic E-state index is 12.8. The van der Waals surface area contributed by atoms with Gasteiger partial charge in [0.1, 0.15) is 13.2 Å². The smallest absolute Gasteiger partial charge is 0.251 e. The van der Waals surface area contributed by atoms with Crippen LogP contribution < -0.4 is 19.1 Å². The van der Waals surface area contributed by atoms with Crippen LogP contribution in [0.5, 0.6) is 17.2 Å². The molecule has 5 nitrogen and oxygen atoms in total. The lowest BCUT2D eigenvalue weighted by atomic mass is 10.1. The molecule has 0 bridgehead atoms. The molecule has 2 heterocycles. The second-order valence-electron chi connectivity index (χ2n) is 6.47. The average Bonchev–Trinajstić information content (AvgIpc) is 3.01. The van der Waals surface area contributed by atoms with Crippen molar-refractivity contribution in [2.24, 2.45) is 0 Å². The first-order valence-electron chi connectivity index (χ1n) is 8.74. The fourth-order valence-corrected chi connectivity index (χ4v) is 3.54. The van der Waals surface area contributed by atoms with Crippen molar-refractivity contribution in [1.82, 2.24) is 0 Å². The predicted octanol–water partition coefficient (Wildman–Crippen LogP) is 3.46. The van der Waals surface area contributed by atoms with E-state index in [2.05, 4.69) is 13.0 Å². The molecule has 1 unspecified atom stereocenters. The summed E-state index contributed by atoms with van der Waals surface area (Å²) in [5, 5.41) is 0. The number of para-hydroxylation sites is 1. The van der Waals surface area contributed by atoms with Crippen molar-refractivity contribution >= 4 is 17.7 Å². The van der Waals surface area contributed by atoms with Crippen LogP contribution in [-0.4, -0.2) is 32.3 Å². The fraction of sp³-hybridized carbons (Fsp3) is 0.286. The first-order valence-corrected chi connectivity index (χ1v) is 8.74. The van der Waals surface area contributed by atoms with Gasteiger partial charge >= 0.3 is 0 Å². The number of hydrogen-bond donors (Lipinski definition) is 0. The number of hydrogen-bond acceptors (Lipinski definition) is 4. The SMILES string of the molecule is COc1cc(/C=C/C(=O)N2c3ccccc3CC2C)cc2c1OCCO2. The first kappa shape index (κ1) is 16.5. The summed E-state index contributed by atoms with van der Waals surface area (Å²) in [6.45, 7) is 3.08. The Kier molecular flexibility index (Phi) is 4.29. The summed E-state index contributed by atoms with van der Waals surface area (Å²) in [6, 6.07) is 11.9. The molecule has 0 spiro atoms. The van der Waals surface area contributed by atoms with Crippen LogP contribution in [0.15, 0.2) is 42.5 Å². The molecule has 0 saturated heterocycles. The number of fused-ring (bicyclic) bond motifs is 2. The standard InChI is InChI=1S/C21H21NO4/c1-14-11-16-5-3-4-6-17(16)22(14)20(23)8-7-15-12-18(24-2)21-19(13-15)25-9-10-26-21/h3-8,12-14H,9-11H2,1-2H3/b8-7+. The van der Waals surface area contributed by atoms with Gasteiger partial charge in [0.25, 0.3) is 5.91 Å². The summed E-state index contributed by atoms with van der Waals surface area (Å²) >= 11 is 0. The lowest BCUT2D eigenvalue weighted by Gasteiger charge is -2.21. The molecule has 0 fully saturated rings. The molecule has 0 N–H and O–H groups in total. The van der Waals surface area contributed by atoms with E-state index in [4.69, 9.17) is 14.2 Å². The molecular weight excluding hydrogens is 330 g/mol. The summed E-state index contributed by atoms with van der Waals surface area (Å²) in [7, 11) is 1.59. The van der Waals surface area contributed by atoms with E-state index in [1.54, 1.807) is 19.3 Å². The molecule has 5 heteroatoms. The van der Waals surface area contributed by atoms with Crippen molar-refractivity contribution in [3.8, 4) is 17.2 Å². The quantitative estimate of drug-likeness (QED) is 0.795. The van der Waals surface area contributed by atoms with Crippen LogP contribution in [0.4, 0.5) is 5.69 Å². The number of ether oxygens (including phenoxy) is 3. The summed E-state index contributed by atoms with van der Waals surface area (Å²) in [6.07, 6.45) is 4.27. The molecule has 2 aromatic carbocycles. The molecule has 1 amide bonds. The monoisotopic (exact) mass is 351 g/mol. The van der Waals surface area contributed by atoms with Crippen LogP contribution in [-0.2, 0) is 11.2 Å². The number of methoxy groups -OCH3 is 1. The van der Waals surface area contributed by atoms with Gasteiger partial charge in [0.15, 0.2) is 11.5 Å². The third kappa shape index (κ3) is 2.90. The number of amides is 1. The van der Waals surface area contributed by atoms with E-state index in [-0.39, 0.29) is 11.9 Å². The molecule has 0 aliphatic carbocycles. The van der Waals surface area contributed by atoms with Crippen LogP contribution in [0, 0.1) is 0 Å². The Balaban J connectivity index is 1.59. The third-order valence-corrected chi connectivity index (χ3v) is 4.71. The maximum Gasteiger partial charge on any atom is 0.251 e. The van der Waals surface area contributed by atoms with Gasteiger partial charge in [-0.2, -0.15) is 0 Å². The third-order valence-electron chi connectivity index (χ3n) is 4.71. The second kappa shape index (κ2) is 6.75. The van der Waals surface area contributed by atoms with Gasteiger partial charge in [-0.25, -0.2) is 0 Å². The summed E-state index contributed by atoms with van der Waals surface area (Å²) in [5.74, 6) is 1.83. The highest BCUT2D eigenvalue weighted by molar-refractivity contribution is 6.05. The molecule has 0 aromatic heterocycles. The van der Waals surface area contributed by atoms with Crippen LogP contribution in [0.1, 0.15) is 18.1 Å². The minimum Gasteiger partial charge on any atom is -0.493 e. The largest absolute Gasteiger partial charge is 0.493 e. The van der Waals surface area contributed by atoms with E-state index in [1.807, 2.05) is 35.2 Å². The lowest BCUT2D eigenvalue weighted by Crippen LogP contribution is -2.34. The molecule has 2 aliphatic heterocycles. The molecule has 26 heavy (non-hydrogen) atoms. The van der Waals surface area contributed by atoms with Crippen molar-refractivity contribution in [3.05, 3.63) is 53.6 Å². The van der Waals surface area contributed by atoms with E-state index in [0.717, 1.165) is 17.7 Å².